The zero-order chi connectivity index (χ0) is 16.9. The first-order valence-electron chi connectivity index (χ1n) is 7.55. The molecule has 0 aliphatic carbocycles. The Morgan fingerprint density at radius 2 is 2.00 bits per heavy atom. The minimum absolute atomic E-state index is 0.00615. The van der Waals surface area contributed by atoms with Gasteiger partial charge in [0.15, 0.2) is 0 Å². The van der Waals surface area contributed by atoms with Crippen molar-refractivity contribution in [3.05, 3.63) is 42.2 Å². The molecule has 1 saturated heterocycles. The molecule has 0 atom stereocenters. The molecule has 1 amide bonds. The second kappa shape index (κ2) is 7.57. The van der Waals surface area contributed by atoms with Crippen molar-refractivity contribution in [3.63, 3.8) is 0 Å². The molecule has 0 unspecified atom stereocenters. The monoisotopic (exact) mass is 350 g/mol. The number of thioether (sulfide) groups is 1. The highest BCUT2D eigenvalue weighted by atomic mass is 32.2. The molecular weight excluding hydrogens is 334 g/mol. The quantitative estimate of drug-likeness (QED) is 0.834. The molecule has 5 nitrogen and oxygen atoms in total. The van der Waals surface area contributed by atoms with E-state index in [0.29, 0.717) is 5.69 Å². The van der Waals surface area contributed by atoms with Gasteiger partial charge in [-0.25, -0.2) is 9.97 Å². The van der Waals surface area contributed by atoms with Crippen molar-refractivity contribution in [2.24, 2.45) is 0 Å². The van der Waals surface area contributed by atoms with Crippen molar-refractivity contribution in [1.29, 1.82) is 0 Å². The molecule has 0 radical (unpaired) electrons. The van der Waals surface area contributed by atoms with Crippen molar-refractivity contribution < 1.29 is 13.6 Å². The van der Waals surface area contributed by atoms with Gasteiger partial charge in [-0.15, -0.1) is 0 Å². The van der Waals surface area contributed by atoms with Gasteiger partial charge in [-0.05, 0) is 48.9 Å². The first-order valence-corrected chi connectivity index (χ1v) is 8.43. The maximum atomic E-state index is 12.6. The molecule has 3 rings (SSSR count). The minimum atomic E-state index is -2.63. The Labute approximate surface area is 142 Å². The van der Waals surface area contributed by atoms with Crippen LogP contribution in [0.1, 0.15) is 23.2 Å². The van der Waals surface area contributed by atoms with E-state index in [-0.39, 0.29) is 22.4 Å². The summed E-state index contributed by atoms with van der Waals surface area (Å²) in [6.07, 6.45) is 5.27. The standard InChI is InChI=1S/C16H16F2N4OS/c17-16(18)24-15-12(4-3-7-19-15)14(23)21-11-5-6-13(20-10-11)22-8-1-2-9-22/h3-7,10,16H,1-2,8-9H2,(H,21,23). The van der Waals surface area contributed by atoms with Crippen molar-refractivity contribution >= 4 is 29.2 Å². The van der Waals surface area contributed by atoms with Crippen LogP contribution in [0.3, 0.4) is 0 Å². The molecule has 0 spiro atoms. The molecule has 126 valence electrons. The minimum Gasteiger partial charge on any atom is -0.357 e. The lowest BCUT2D eigenvalue weighted by Gasteiger charge is -2.16. The zero-order valence-electron chi connectivity index (χ0n) is 12.8. The topological polar surface area (TPSA) is 58.1 Å². The molecule has 3 heterocycles. The molecule has 2 aromatic heterocycles. The van der Waals surface area contributed by atoms with Gasteiger partial charge in [-0.1, -0.05) is 0 Å². The number of pyridine rings is 2. The summed E-state index contributed by atoms with van der Waals surface area (Å²) in [5, 5.41) is 2.68. The summed E-state index contributed by atoms with van der Waals surface area (Å²) in [6, 6.07) is 6.62. The van der Waals surface area contributed by atoms with Crippen LogP contribution in [0.5, 0.6) is 0 Å². The van der Waals surface area contributed by atoms with Crippen LogP contribution in [-0.2, 0) is 0 Å². The van der Waals surface area contributed by atoms with Gasteiger partial charge in [0.2, 0.25) is 0 Å². The lowest BCUT2D eigenvalue weighted by Crippen LogP contribution is -2.19. The number of carbonyl (C=O) groups excluding carboxylic acids is 1. The third-order valence-corrected chi connectivity index (χ3v) is 4.38. The van der Waals surface area contributed by atoms with Gasteiger partial charge in [0, 0.05) is 19.3 Å². The highest BCUT2D eigenvalue weighted by Crippen LogP contribution is 2.27. The van der Waals surface area contributed by atoms with E-state index in [4.69, 9.17) is 0 Å². The third kappa shape index (κ3) is 4.00. The van der Waals surface area contributed by atoms with Crippen LogP contribution in [0.2, 0.25) is 0 Å². The number of carbonyl (C=O) groups is 1. The van der Waals surface area contributed by atoms with Crippen LogP contribution in [0.25, 0.3) is 0 Å². The Bertz CT molecular complexity index is 705. The fourth-order valence-electron chi connectivity index (χ4n) is 2.53. The number of alkyl halides is 2. The lowest BCUT2D eigenvalue weighted by atomic mass is 10.2. The Morgan fingerprint density at radius 1 is 1.21 bits per heavy atom. The van der Waals surface area contributed by atoms with Crippen LogP contribution in [0, 0.1) is 0 Å². The molecule has 1 N–H and O–H groups in total. The number of rotatable bonds is 5. The van der Waals surface area contributed by atoms with Gasteiger partial charge in [0.25, 0.3) is 11.7 Å². The summed E-state index contributed by atoms with van der Waals surface area (Å²) in [5.41, 5.74) is 0.631. The number of anilines is 2. The van der Waals surface area contributed by atoms with E-state index in [1.807, 2.05) is 6.07 Å². The van der Waals surface area contributed by atoms with E-state index in [0.717, 1.165) is 31.7 Å². The molecule has 1 aliphatic heterocycles. The van der Waals surface area contributed by atoms with Gasteiger partial charge >= 0.3 is 0 Å². The fraction of sp³-hybridized carbons (Fsp3) is 0.312. The van der Waals surface area contributed by atoms with E-state index >= 15 is 0 Å². The Morgan fingerprint density at radius 3 is 2.67 bits per heavy atom. The Kier molecular flexibility index (Phi) is 5.24. The van der Waals surface area contributed by atoms with Crippen molar-refractivity contribution in [1.82, 2.24) is 9.97 Å². The molecule has 24 heavy (non-hydrogen) atoms. The second-order valence-corrected chi connectivity index (χ2v) is 6.27. The van der Waals surface area contributed by atoms with Crippen LogP contribution < -0.4 is 10.2 Å². The molecule has 8 heteroatoms. The number of nitrogens with one attached hydrogen (secondary N) is 1. The molecular formula is C16H16F2N4OS. The maximum absolute atomic E-state index is 12.6. The molecule has 0 aromatic carbocycles. The highest BCUT2D eigenvalue weighted by Gasteiger charge is 2.17. The maximum Gasteiger partial charge on any atom is 0.290 e. The third-order valence-electron chi connectivity index (χ3n) is 3.65. The van der Waals surface area contributed by atoms with Crippen LogP contribution in [0.4, 0.5) is 20.3 Å². The average molecular weight is 350 g/mol. The number of halogens is 2. The molecule has 1 aliphatic rings. The van der Waals surface area contributed by atoms with Crippen molar-refractivity contribution in [2.45, 2.75) is 23.6 Å². The fourth-order valence-corrected chi connectivity index (χ4v) is 3.11. The van der Waals surface area contributed by atoms with E-state index < -0.39 is 11.7 Å². The largest absolute Gasteiger partial charge is 0.357 e. The number of aromatic nitrogens is 2. The Hall–Kier alpha value is -2.22. The molecule has 0 bridgehead atoms. The summed E-state index contributed by atoms with van der Waals surface area (Å²) in [4.78, 5) is 22.7. The predicted molar refractivity (Wildman–Crippen MR) is 89.7 cm³/mol. The number of amides is 1. The van der Waals surface area contributed by atoms with Gasteiger partial charge in [-0.2, -0.15) is 8.78 Å². The second-order valence-electron chi connectivity index (χ2n) is 5.29. The zero-order valence-corrected chi connectivity index (χ0v) is 13.6. The smallest absolute Gasteiger partial charge is 0.290 e. The highest BCUT2D eigenvalue weighted by molar-refractivity contribution is 7.99. The van der Waals surface area contributed by atoms with E-state index in [1.165, 1.54) is 12.3 Å². The van der Waals surface area contributed by atoms with E-state index in [2.05, 4.69) is 20.2 Å². The van der Waals surface area contributed by atoms with E-state index in [1.54, 1.807) is 18.3 Å². The average Bonchev–Trinajstić information content (AvgIpc) is 3.10. The van der Waals surface area contributed by atoms with Gasteiger partial charge in [-0.3, -0.25) is 4.79 Å². The van der Waals surface area contributed by atoms with Crippen LogP contribution in [0.15, 0.2) is 41.7 Å². The SMILES string of the molecule is O=C(Nc1ccc(N2CCCC2)nc1)c1cccnc1SC(F)F. The normalized spacial score (nSPS) is 14.2. The summed E-state index contributed by atoms with van der Waals surface area (Å²) in [6.45, 7) is 1.98. The number of hydrogen-bond donors (Lipinski definition) is 1. The molecule has 2 aromatic rings. The Balaban J connectivity index is 1.70. The molecule has 1 fully saturated rings. The molecule has 0 saturated carbocycles. The van der Waals surface area contributed by atoms with Crippen molar-refractivity contribution in [2.75, 3.05) is 23.3 Å². The summed E-state index contributed by atoms with van der Waals surface area (Å²) >= 11 is 0.256. The van der Waals surface area contributed by atoms with Gasteiger partial charge < -0.3 is 10.2 Å². The first-order chi connectivity index (χ1) is 11.6. The summed E-state index contributed by atoms with van der Waals surface area (Å²) in [5.74, 6) is -2.24. The number of hydrogen-bond acceptors (Lipinski definition) is 5. The van der Waals surface area contributed by atoms with E-state index in [9.17, 15) is 13.6 Å². The summed E-state index contributed by atoms with van der Waals surface area (Å²) < 4.78 is 25.1. The lowest BCUT2D eigenvalue weighted by molar-refractivity contribution is 0.102. The van der Waals surface area contributed by atoms with Gasteiger partial charge in [0.1, 0.15) is 10.8 Å². The predicted octanol–water partition coefficient (Wildman–Crippen LogP) is 3.64. The summed E-state index contributed by atoms with van der Waals surface area (Å²) in [7, 11) is 0. The number of nitrogens with zero attached hydrogens (tertiary/aromatic N) is 3. The van der Waals surface area contributed by atoms with Crippen LogP contribution >= 0.6 is 11.8 Å². The van der Waals surface area contributed by atoms with Gasteiger partial charge in [0.05, 0.1) is 17.4 Å². The first kappa shape index (κ1) is 16.6. The van der Waals surface area contributed by atoms with Crippen molar-refractivity contribution in [3.8, 4) is 0 Å². The van der Waals surface area contributed by atoms with Crippen LogP contribution in [-0.4, -0.2) is 34.7 Å².